The van der Waals surface area contributed by atoms with E-state index in [1.165, 1.54) is 0 Å². The van der Waals surface area contributed by atoms with Gasteiger partial charge in [-0.15, -0.1) is 12.1 Å². The maximum Gasteiger partial charge on any atom is 2.00 e. The molecule has 0 spiro atoms. The topological polar surface area (TPSA) is 0 Å². The molecule has 0 fully saturated rings. The van der Waals surface area contributed by atoms with E-state index in [9.17, 15) is 0 Å². The average Bonchev–Trinajstić information content (AvgIpc) is 1.59. The van der Waals surface area contributed by atoms with Gasteiger partial charge in [-0.25, -0.2) is 0 Å². The Morgan fingerprint density at radius 1 is 1.00 bits per heavy atom. The van der Waals surface area contributed by atoms with Crippen LogP contribution < -0.4 is 12.4 Å². The Morgan fingerprint density at radius 2 is 1.36 bits per heavy atom. The molecule has 0 radical (unpaired) electrons. The second kappa shape index (κ2) is 6.27. The molecular weight excluding hydrogens is 215 g/mol. The maximum absolute atomic E-state index is 5.63. The van der Waals surface area contributed by atoms with Crippen molar-refractivity contribution in [3.8, 4) is 0 Å². The average molecular weight is 220 g/mol. The van der Waals surface area contributed by atoms with Gasteiger partial charge in [-0.05, 0) is 16.1 Å². The summed E-state index contributed by atoms with van der Waals surface area (Å²) in [6.45, 7) is 3.67. The third-order valence-corrected chi connectivity index (χ3v) is 1.36. The predicted molar refractivity (Wildman–Crippen MR) is 46.7 cm³/mol. The Balaban J connectivity index is 0. The third-order valence-electron chi connectivity index (χ3n) is 0.922. The van der Waals surface area contributed by atoms with Crippen LogP contribution in [0.4, 0.5) is 0 Å². The number of halogens is 3. The number of rotatable bonds is 0. The van der Waals surface area contributed by atoms with Gasteiger partial charge in [0.05, 0.1) is 0 Å². The van der Waals surface area contributed by atoms with Gasteiger partial charge in [0.15, 0.2) is 0 Å². The minimum atomic E-state index is 0. The van der Waals surface area contributed by atoms with Gasteiger partial charge in [-0.3, -0.25) is 0 Å². The van der Waals surface area contributed by atoms with Crippen LogP contribution in [0.5, 0.6) is 0 Å². The molecule has 0 bridgehead atoms. The van der Waals surface area contributed by atoms with E-state index in [0.717, 1.165) is 5.56 Å². The Hall–Kier alpha value is 0.726. The van der Waals surface area contributed by atoms with Crippen molar-refractivity contribution < 1.29 is 12.4 Å². The van der Waals surface area contributed by atoms with Crippen LogP contribution in [-0.2, 0) is 0 Å². The Morgan fingerprint density at radius 3 is 1.64 bits per heavy atom. The fourth-order valence-electron chi connectivity index (χ4n) is 0.611. The summed E-state index contributed by atoms with van der Waals surface area (Å²) in [5.74, 6) is 0. The molecule has 0 unspecified atom stereocenters. The first-order chi connectivity index (χ1) is 4.18. The molecule has 11 heavy (non-hydrogen) atoms. The zero-order valence-corrected chi connectivity index (χ0v) is 9.46. The van der Waals surface area contributed by atoms with E-state index in [2.05, 4.69) is 6.92 Å². The van der Waals surface area contributed by atoms with E-state index in [4.69, 9.17) is 23.2 Å². The van der Waals surface area contributed by atoms with Gasteiger partial charge in [-0.1, -0.05) is 23.2 Å². The number of hydrogen-bond donors (Lipinski definition) is 0. The second-order valence-corrected chi connectivity index (χ2v) is 2.65. The molecule has 0 amide bonds. The molecular formula is C7H5Cl3Mg. The van der Waals surface area contributed by atoms with Crippen LogP contribution in [-0.4, -0.2) is 23.1 Å². The zero-order chi connectivity index (χ0) is 6.85. The molecule has 1 aromatic carbocycles. The maximum atomic E-state index is 5.63. The molecule has 0 saturated heterocycles. The summed E-state index contributed by atoms with van der Waals surface area (Å²) < 4.78 is 0. The minimum absolute atomic E-state index is 0. The monoisotopic (exact) mass is 218 g/mol. The van der Waals surface area contributed by atoms with E-state index >= 15 is 0 Å². The van der Waals surface area contributed by atoms with E-state index in [0.29, 0.717) is 10.0 Å². The summed E-state index contributed by atoms with van der Waals surface area (Å²) in [5, 5.41) is 1.26. The molecule has 0 aliphatic rings. The van der Waals surface area contributed by atoms with Crippen molar-refractivity contribution in [3.05, 3.63) is 40.7 Å². The van der Waals surface area contributed by atoms with E-state index in [-0.39, 0.29) is 35.5 Å². The van der Waals surface area contributed by atoms with Gasteiger partial charge in [0.25, 0.3) is 0 Å². The normalized spacial score (nSPS) is 7.82. The van der Waals surface area contributed by atoms with Crippen molar-refractivity contribution in [1.29, 1.82) is 0 Å². The molecule has 56 valence electrons. The molecule has 0 aliphatic heterocycles. The summed E-state index contributed by atoms with van der Waals surface area (Å²) in [5.41, 5.74) is 0.840. The summed E-state index contributed by atoms with van der Waals surface area (Å²) in [4.78, 5) is 0. The molecule has 0 nitrogen and oxygen atoms in total. The van der Waals surface area contributed by atoms with E-state index < -0.39 is 0 Å². The molecule has 0 atom stereocenters. The van der Waals surface area contributed by atoms with E-state index in [1.54, 1.807) is 18.2 Å². The SMILES string of the molecule is [CH2-]c1cc(Cl)cc(Cl)c1.[Cl-].[Mg+2]. The van der Waals surface area contributed by atoms with Gasteiger partial charge < -0.3 is 12.4 Å². The van der Waals surface area contributed by atoms with Gasteiger partial charge in [0.1, 0.15) is 0 Å². The summed E-state index contributed by atoms with van der Waals surface area (Å²) in [6, 6.07) is 5.19. The minimum Gasteiger partial charge on any atom is -1.00 e. The van der Waals surface area contributed by atoms with Crippen LogP contribution >= 0.6 is 23.2 Å². The van der Waals surface area contributed by atoms with Crippen LogP contribution in [0.25, 0.3) is 0 Å². The number of benzene rings is 1. The third kappa shape index (κ3) is 5.04. The molecule has 0 heterocycles. The Kier molecular flexibility index (Phi) is 8.12. The fourth-order valence-corrected chi connectivity index (χ4v) is 1.18. The van der Waals surface area contributed by atoms with Crippen LogP contribution in [0.3, 0.4) is 0 Å². The zero-order valence-electron chi connectivity index (χ0n) is 5.78. The van der Waals surface area contributed by atoms with Gasteiger partial charge in [0.2, 0.25) is 0 Å². The van der Waals surface area contributed by atoms with Crippen molar-refractivity contribution in [3.63, 3.8) is 0 Å². The molecule has 0 N–H and O–H groups in total. The Labute approximate surface area is 98.8 Å². The summed E-state index contributed by atoms with van der Waals surface area (Å²) in [7, 11) is 0. The summed E-state index contributed by atoms with van der Waals surface area (Å²) >= 11 is 11.3. The van der Waals surface area contributed by atoms with Crippen molar-refractivity contribution in [1.82, 2.24) is 0 Å². The van der Waals surface area contributed by atoms with Gasteiger partial charge in [-0.2, -0.15) is 12.5 Å². The van der Waals surface area contributed by atoms with Crippen molar-refractivity contribution in [2.24, 2.45) is 0 Å². The largest absolute Gasteiger partial charge is 2.00 e. The smallest absolute Gasteiger partial charge is 1.00 e. The van der Waals surface area contributed by atoms with Crippen molar-refractivity contribution in [2.75, 3.05) is 0 Å². The number of hydrogen-bond acceptors (Lipinski definition) is 0. The van der Waals surface area contributed by atoms with Gasteiger partial charge in [0, 0.05) is 0 Å². The molecule has 1 aromatic rings. The second-order valence-electron chi connectivity index (χ2n) is 1.78. The van der Waals surface area contributed by atoms with Crippen LogP contribution in [0, 0.1) is 6.92 Å². The quantitative estimate of drug-likeness (QED) is 0.419. The van der Waals surface area contributed by atoms with Crippen molar-refractivity contribution >= 4 is 46.3 Å². The molecule has 1 rings (SSSR count). The molecule has 0 aliphatic carbocycles. The Bertz CT molecular complexity index is 174. The molecule has 4 heteroatoms. The summed E-state index contributed by atoms with van der Waals surface area (Å²) in [6.07, 6.45) is 0. The molecule has 0 aromatic heterocycles. The standard InChI is InChI=1S/C7H5Cl2.ClH.Mg/c1-5-2-6(8)4-7(9)3-5;;/h2-4H,1H2;1H;/q-1;;+2/p-1. The first-order valence-corrected chi connectivity index (χ1v) is 3.22. The van der Waals surface area contributed by atoms with Crippen LogP contribution in [0.1, 0.15) is 5.56 Å². The van der Waals surface area contributed by atoms with E-state index in [1.807, 2.05) is 0 Å². The van der Waals surface area contributed by atoms with Crippen LogP contribution in [0.15, 0.2) is 18.2 Å². The molecule has 0 saturated carbocycles. The predicted octanol–water partition coefficient (Wildman–Crippen LogP) is -0.201. The van der Waals surface area contributed by atoms with Crippen LogP contribution in [0.2, 0.25) is 10.0 Å². The fraction of sp³-hybridized carbons (Fsp3) is 0. The van der Waals surface area contributed by atoms with Crippen molar-refractivity contribution in [2.45, 2.75) is 0 Å². The van der Waals surface area contributed by atoms with Gasteiger partial charge >= 0.3 is 23.1 Å². The first-order valence-electron chi connectivity index (χ1n) is 2.46. The first kappa shape index (κ1) is 14.3.